The van der Waals surface area contributed by atoms with Crippen LogP contribution in [0.1, 0.15) is 36.3 Å². The molecule has 0 amide bonds. The molecule has 0 bridgehead atoms. The van der Waals surface area contributed by atoms with Crippen molar-refractivity contribution in [1.82, 2.24) is 10.1 Å². The quantitative estimate of drug-likeness (QED) is 0.858. The summed E-state index contributed by atoms with van der Waals surface area (Å²) in [6, 6.07) is 5.62. The molecule has 124 valence electrons. The first kappa shape index (κ1) is 16.0. The largest absolute Gasteiger partial charge is 0.416 e. The smallest absolute Gasteiger partial charge is 0.381 e. The van der Waals surface area contributed by atoms with Crippen molar-refractivity contribution in [3.05, 3.63) is 47.6 Å². The summed E-state index contributed by atoms with van der Waals surface area (Å²) in [5.74, 6) is 0.503. The third kappa shape index (κ3) is 3.55. The van der Waals surface area contributed by atoms with Crippen LogP contribution in [0.25, 0.3) is 0 Å². The van der Waals surface area contributed by atoms with E-state index in [0.29, 0.717) is 50.4 Å². The highest BCUT2D eigenvalue weighted by Crippen LogP contribution is 2.41. The monoisotopic (exact) mass is 326 g/mol. The number of ether oxygens (including phenoxy) is 1. The summed E-state index contributed by atoms with van der Waals surface area (Å²) in [5.41, 5.74) is -0.262. The number of benzene rings is 1. The van der Waals surface area contributed by atoms with Gasteiger partial charge in [0.25, 0.3) is 0 Å². The highest BCUT2D eigenvalue weighted by molar-refractivity contribution is 5.32. The van der Waals surface area contributed by atoms with Crippen LogP contribution < -0.4 is 0 Å². The van der Waals surface area contributed by atoms with Crippen molar-refractivity contribution in [1.29, 1.82) is 0 Å². The van der Waals surface area contributed by atoms with Gasteiger partial charge in [0, 0.05) is 25.0 Å². The molecule has 23 heavy (non-hydrogen) atoms. The molecule has 0 saturated carbocycles. The Hall–Kier alpha value is -1.89. The van der Waals surface area contributed by atoms with Gasteiger partial charge in [0.2, 0.25) is 5.89 Å². The molecule has 1 aromatic heterocycles. The van der Waals surface area contributed by atoms with Gasteiger partial charge < -0.3 is 9.26 Å². The number of hydrogen-bond donors (Lipinski definition) is 0. The fourth-order valence-electron chi connectivity index (χ4n) is 3.12. The van der Waals surface area contributed by atoms with E-state index in [1.165, 1.54) is 18.5 Å². The Bertz CT molecular complexity index is 635. The molecule has 0 unspecified atom stereocenters. The first-order chi connectivity index (χ1) is 11.0. The average Bonchev–Trinajstić information content (AvgIpc) is 3.07. The second-order valence-electron chi connectivity index (χ2n) is 5.81. The van der Waals surface area contributed by atoms with Crippen LogP contribution in [0, 0.1) is 0 Å². The molecule has 2 heterocycles. The van der Waals surface area contributed by atoms with Crippen LogP contribution in [0.3, 0.4) is 0 Å². The minimum absolute atomic E-state index is 0.353. The van der Waals surface area contributed by atoms with Crippen LogP contribution in [0.5, 0.6) is 0 Å². The van der Waals surface area contributed by atoms with E-state index in [1.54, 1.807) is 6.07 Å². The molecular weight excluding hydrogens is 309 g/mol. The average molecular weight is 326 g/mol. The van der Waals surface area contributed by atoms with Crippen molar-refractivity contribution in [3.63, 3.8) is 0 Å². The van der Waals surface area contributed by atoms with Crippen molar-refractivity contribution < 1.29 is 22.4 Å². The molecule has 3 rings (SSSR count). The Morgan fingerprint density at radius 2 is 1.96 bits per heavy atom. The predicted octanol–water partition coefficient (Wildman–Crippen LogP) is 3.77. The molecule has 0 aliphatic carbocycles. The van der Waals surface area contributed by atoms with Crippen molar-refractivity contribution in [3.8, 4) is 0 Å². The Labute approximate surface area is 131 Å². The third-order valence-corrected chi connectivity index (χ3v) is 4.48. The van der Waals surface area contributed by atoms with Gasteiger partial charge in [0.15, 0.2) is 6.33 Å². The number of hydrogen-bond acceptors (Lipinski definition) is 4. The maximum absolute atomic E-state index is 13.0. The SMILES string of the molecule is FC(F)(F)c1cccc(C2(CCc3ncno3)CCOCC2)c1. The van der Waals surface area contributed by atoms with Crippen LogP contribution in [-0.2, 0) is 22.7 Å². The summed E-state index contributed by atoms with van der Waals surface area (Å²) >= 11 is 0. The molecule has 0 atom stereocenters. The third-order valence-electron chi connectivity index (χ3n) is 4.48. The standard InChI is InChI=1S/C16H17F3N2O2/c17-16(18,19)13-3-1-2-12(10-13)15(6-8-22-9-7-15)5-4-14-20-11-21-23-14/h1-3,10-11H,4-9H2. The molecule has 0 N–H and O–H groups in total. The van der Waals surface area contributed by atoms with E-state index in [0.717, 1.165) is 6.07 Å². The zero-order chi connectivity index (χ0) is 16.3. The van der Waals surface area contributed by atoms with E-state index in [4.69, 9.17) is 9.26 Å². The van der Waals surface area contributed by atoms with Gasteiger partial charge in [-0.25, -0.2) is 0 Å². The summed E-state index contributed by atoms with van der Waals surface area (Å²) in [6.07, 6.45) is -0.452. The summed E-state index contributed by atoms with van der Waals surface area (Å²) in [6.45, 7) is 1.08. The Kier molecular flexibility index (Phi) is 4.39. The van der Waals surface area contributed by atoms with Crippen LogP contribution in [0.15, 0.2) is 35.1 Å². The van der Waals surface area contributed by atoms with Gasteiger partial charge in [-0.05, 0) is 30.9 Å². The van der Waals surface area contributed by atoms with Gasteiger partial charge in [-0.15, -0.1) is 0 Å². The Morgan fingerprint density at radius 3 is 2.61 bits per heavy atom. The second kappa shape index (κ2) is 6.31. The lowest BCUT2D eigenvalue weighted by Crippen LogP contribution is -2.34. The fourth-order valence-corrected chi connectivity index (χ4v) is 3.12. The van der Waals surface area contributed by atoms with Crippen LogP contribution >= 0.6 is 0 Å². The van der Waals surface area contributed by atoms with Gasteiger partial charge in [0.1, 0.15) is 0 Å². The van der Waals surface area contributed by atoms with E-state index < -0.39 is 11.7 Å². The number of nitrogens with zero attached hydrogens (tertiary/aromatic N) is 2. The van der Waals surface area contributed by atoms with E-state index in [2.05, 4.69) is 10.1 Å². The predicted molar refractivity (Wildman–Crippen MR) is 75.8 cm³/mol. The van der Waals surface area contributed by atoms with Gasteiger partial charge in [-0.1, -0.05) is 23.4 Å². The zero-order valence-electron chi connectivity index (χ0n) is 12.5. The number of alkyl halides is 3. The number of halogens is 3. The molecule has 2 aromatic rings. The van der Waals surface area contributed by atoms with E-state index >= 15 is 0 Å². The highest BCUT2D eigenvalue weighted by Gasteiger charge is 2.37. The molecule has 1 aliphatic heterocycles. The normalized spacial score (nSPS) is 18.0. The van der Waals surface area contributed by atoms with Crippen molar-refractivity contribution >= 4 is 0 Å². The van der Waals surface area contributed by atoms with Crippen LogP contribution in [0.4, 0.5) is 13.2 Å². The fraction of sp³-hybridized carbons (Fsp3) is 0.500. The minimum atomic E-state index is -4.34. The van der Waals surface area contributed by atoms with Gasteiger partial charge in [-0.2, -0.15) is 18.2 Å². The van der Waals surface area contributed by atoms with Crippen molar-refractivity contribution in [2.75, 3.05) is 13.2 Å². The van der Waals surface area contributed by atoms with Gasteiger partial charge >= 0.3 is 6.18 Å². The minimum Gasteiger partial charge on any atom is -0.381 e. The summed E-state index contributed by atoms with van der Waals surface area (Å²) < 4.78 is 49.5. The number of aromatic nitrogens is 2. The lowest BCUT2D eigenvalue weighted by atomic mass is 9.70. The summed E-state index contributed by atoms with van der Waals surface area (Å²) in [7, 11) is 0. The summed E-state index contributed by atoms with van der Waals surface area (Å²) in [5, 5.41) is 3.57. The molecule has 4 nitrogen and oxygen atoms in total. The number of aryl methyl sites for hydroxylation is 1. The molecule has 1 aromatic carbocycles. The van der Waals surface area contributed by atoms with Gasteiger partial charge in [0.05, 0.1) is 5.56 Å². The molecule has 0 radical (unpaired) electrons. The Balaban J connectivity index is 1.89. The maximum atomic E-state index is 13.0. The highest BCUT2D eigenvalue weighted by atomic mass is 19.4. The number of rotatable bonds is 4. The molecule has 7 heteroatoms. The van der Waals surface area contributed by atoms with Gasteiger partial charge in [-0.3, -0.25) is 0 Å². The topological polar surface area (TPSA) is 48.2 Å². The first-order valence-corrected chi connectivity index (χ1v) is 7.51. The molecule has 1 saturated heterocycles. The van der Waals surface area contributed by atoms with E-state index in [9.17, 15) is 13.2 Å². The van der Waals surface area contributed by atoms with Crippen molar-refractivity contribution in [2.45, 2.75) is 37.3 Å². The molecule has 0 spiro atoms. The first-order valence-electron chi connectivity index (χ1n) is 7.51. The second-order valence-corrected chi connectivity index (χ2v) is 5.81. The molecule has 1 aliphatic rings. The van der Waals surface area contributed by atoms with Crippen LogP contribution in [-0.4, -0.2) is 23.4 Å². The Morgan fingerprint density at radius 1 is 1.17 bits per heavy atom. The maximum Gasteiger partial charge on any atom is 0.416 e. The lowest BCUT2D eigenvalue weighted by Gasteiger charge is -2.38. The van der Waals surface area contributed by atoms with Crippen molar-refractivity contribution in [2.24, 2.45) is 0 Å². The van der Waals surface area contributed by atoms with E-state index in [1.807, 2.05) is 0 Å². The zero-order valence-corrected chi connectivity index (χ0v) is 12.5. The van der Waals surface area contributed by atoms with Crippen LogP contribution in [0.2, 0.25) is 0 Å². The molecular formula is C16H17F3N2O2. The lowest BCUT2D eigenvalue weighted by molar-refractivity contribution is -0.137. The summed E-state index contributed by atoms with van der Waals surface area (Å²) in [4.78, 5) is 3.99. The van der Waals surface area contributed by atoms with E-state index in [-0.39, 0.29) is 5.41 Å². The molecule has 1 fully saturated rings.